The topological polar surface area (TPSA) is 38.0 Å². The van der Waals surface area contributed by atoms with Crippen molar-refractivity contribution in [3.8, 4) is 0 Å². The van der Waals surface area contributed by atoms with E-state index in [9.17, 15) is 0 Å². The van der Waals surface area contributed by atoms with Crippen molar-refractivity contribution in [3.05, 3.63) is 21.3 Å². The molecular weight excluding hydrogens is 216 g/mol. The smallest absolute Gasteiger partial charge is 0.0931 e. The second-order valence-electron chi connectivity index (χ2n) is 3.98. The van der Waals surface area contributed by atoms with Gasteiger partial charge in [0, 0.05) is 4.88 Å². The van der Waals surface area contributed by atoms with E-state index >= 15 is 0 Å². The van der Waals surface area contributed by atoms with Gasteiger partial charge in [0.15, 0.2) is 0 Å². The van der Waals surface area contributed by atoms with Crippen molar-refractivity contribution in [2.24, 2.45) is 17.7 Å². The third kappa shape index (κ3) is 2.11. The molecule has 2 rings (SSSR count). The summed E-state index contributed by atoms with van der Waals surface area (Å²) >= 11 is 7.53. The van der Waals surface area contributed by atoms with Crippen LogP contribution in [0, 0.1) is 11.8 Å². The van der Waals surface area contributed by atoms with E-state index in [4.69, 9.17) is 17.4 Å². The van der Waals surface area contributed by atoms with Crippen LogP contribution in [0.3, 0.4) is 0 Å². The van der Waals surface area contributed by atoms with Gasteiger partial charge in [0.25, 0.3) is 0 Å². The Hall–Kier alpha value is -0.0900. The van der Waals surface area contributed by atoms with Crippen LogP contribution in [-0.2, 0) is 0 Å². The van der Waals surface area contributed by atoms with Gasteiger partial charge in [-0.3, -0.25) is 11.3 Å². The summed E-state index contributed by atoms with van der Waals surface area (Å²) in [5.74, 6) is 7.04. The van der Waals surface area contributed by atoms with Gasteiger partial charge in [-0.15, -0.1) is 11.3 Å². The Morgan fingerprint density at radius 1 is 1.57 bits per heavy atom. The number of hydrogen-bond acceptors (Lipinski definition) is 3. The molecular formula is C10H15ClN2S. The Kier molecular flexibility index (Phi) is 3.12. The lowest BCUT2D eigenvalue weighted by Crippen LogP contribution is -2.32. The fraction of sp³-hybridized carbons (Fsp3) is 0.600. The standard InChI is InChI=1S/C10H15ClN2S/c1-6(7-2-3-7)10(13-12)8-4-5-9(11)14-8/h4-7,10,13H,2-3,12H2,1H3. The average Bonchev–Trinajstić information content (AvgIpc) is 2.92. The zero-order valence-corrected chi connectivity index (χ0v) is 9.74. The molecule has 1 heterocycles. The summed E-state index contributed by atoms with van der Waals surface area (Å²) in [4.78, 5) is 1.25. The van der Waals surface area contributed by atoms with Crippen molar-refractivity contribution in [2.75, 3.05) is 0 Å². The Morgan fingerprint density at radius 2 is 2.29 bits per heavy atom. The van der Waals surface area contributed by atoms with E-state index in [2.05, 4.69) is 18.4 Å². The van der Waals surface area contributed by atoms with Crippen LogP contribution in [0.5, 0.6) is 0 Å². The molecule has 2 nitrogen and oxygen atoms in total. The molecule has 14 heavy (non-hydrogen) atoms. The molecule has 78 valence electrons. The highest BCUT2D eigenvalue weighted by molar-refractivity contribution is 7.16. The summed E-state index contributed by atoms with van der Waals surface area (Å²) in [5, 5.41) is 0. The summed E-state index contributed by atoms with van der Waals surface area (Å²) in [6.07, 6.45) is 2.69. The summed E-state index contributed by atoms with van der Waals surface area (Å²) in [6, 6.07) is 4.27. The number of halogens is 1. The molecule has 0 saturated heterocycles. The van der Waals surface area contributed by atoms with Crippen LogP contribution < -0.4 is 11.3 Å². The van der Waals surface area contributed by atoms with Crippen molar-refractivity contribution in [3.63, 3.8) is 0 Å². The van der Waals surface area contributed by atoms with E-state index in [0.29, 0.717) is 5.92 Å². The molecule has 1 aliphatic carbocycles. The molecule has 2 unspecified atom stereocenters. The normalized spacial score (nSPS) is 20.8. The Bertz CT molecular complexity index is 309. The Morgan fingerprint density at radius 3 is 2.71 bits per heavy atom. The van der Waals surface area contributed by atoms with Crippen molar-refractivity contribution in [1.82, 2.24) is 5.43 Å². The van der Waals surface area contributed by atoms with Crippen LogP contribution >= 0.6 is 22.9 Å². The predicted octanol–water partition coefficient (Wildman–Crippen LogP) is 2.95. The van der Waals surface area contributed by atoms with Gasteiger partial charge in [0.05, 0.1) is 10.4 Å². The maximum absolute atomic E-state index is 5.91. The molecule has 0 spiro atoms. The highest BCUT2D eigenvalue weighted by atomic mass is 35.5. The van der Waals surface area contributed by atoms with Crippen molar-refractivity contribution in [1.29, 1.82) is 0 Å². The van der Waals surface area contributed by atoms with Gasteiger partial charge in [-0.2, -0.15) is 0 Å². The third-order valence-corrected chi connectivity index (χ3v) is 4.29. The first-order valence-electron chi connectivity index (χ1n) is 4.93. The molecule has 3 N–H and O–H groups in total. The third-order valence-electron chi connectivity index (χ3n) is 2.97. The second-order valence-corrected chi connectivity index (χ2v) is 5.73. The Balaban J connectivity index is 2.11. The van der Waals surface area contributed by atoms with Gasteiger partial charge in [-0.25, -0.2) is 0 Å². The van der Waals surface area contributed by atoms with E-state index in [1.54, 1.807) is 11.3 Å². The number of nitrogens with one attached hydrogen (secondary N) is 1. The minimum atomic E-state index is 0.264. The molecule has 1 aliphatic rings. The lowest BCUT2D eigenvalue weighted by molar-refractivity contribution is 0.359. The van der Waals surface area contributed by atoms with Crippen molar-refractivity contribution >= 4 is 22.9 Å². The van der Waals surface area contributed by atoms with Gasteiger partial charge in [0.2, 0.25) is 0 Å². The van der Waals surface area contributed by atoms with Crippen LogP contribution in [0.4, 0.5) is 0 Å². The number of thiophene rings is 1. The first-order valence-corrected chi connectivity index (χ1v) is 6.13. The molecule has 0 aliphatic heterocycles. The van der Waals surface area contributed by atoms with Gasteiger partial charge in [0.1, 0.15) is 0 Å². The number of hydrogen-bond donors (Lipinski definition) is 2. The minimum Gasteiger partial charge on any atom is -0.271 e. The molecule has 2 atom stereocenters. The molecule has 0 amide bonds. The second kappa shape index (κ2) is 4.19. The lowest BCUT2D eigenvalue weighted by Gasteiger charge is -2.21. The van der Waals surface area contributed by atoms with E-state index < -0.39 is 0 Å². The summed E-state index contributed by atoms with van der Waals surface area (Å²) in [6.45, 7) is 2.26. The fourth-order valence-corrected chi connectivity index (χ4v) is 3.12. The van der Waals surface area contributed by atoms with Crippen LogP contribution in [-0.4, -0.2) is 0 Å². The molecule has 0 aromatic carbocycles. The van der Waals surface area contributed by atoms with Crippen LogP contribution in [0.25, 0.3) is 0 Å². The lowest BCUT2D eigenvalue weighted by atomic mass is 9.96. The fourth-order valence-electron chi connectivity index (χ4n) is 1.88. The molecule has 1 saturated carbocycles. The van der Waals surface area contributed by atoms with E-state index in [1.165, 1.54) is 17.7 Å². The van der Waals surface area contributed by atoms with E-state index in [0.717, 1.165) is 10.3 Å². The van der Waals surface area contributed by atoms with E-state index in [1.807, 2.05) is 6.07 Å². The molecule has 4 heteroatoms. The van der Waals surface area contributed by atoms with Crippen molar-refractivity contribution in [2.45, 2.75) is 25.8 Å². The zero-order valence-electron chi connectivity index (χ0n) is 8.16. The Labute approximate surface area is 93.4 Å². The van der Waals surface area contributed by atoms with Gasteiger partial charge in [-0.1, -0.05) is 18.5 Å². The maximum atomic E-state index is 5.91. The minimum absolute atomic E-state index is 0.264. The monoisotopic (exact) mass is 230 g/mol. The molecule has 1 fully saturated rings. The maximum Gasteiger partial charge on any atom is 0.0931 e. The van der Waals surface area contributed by atoms with Crippen LogP contribution in [0.1, 0.15) is 30.7 Å². The van der Waals surface area contributed by atoms with Crippen molar-refractivity contribution < 1.29 is 0 Å². The SMILES string of the molecule is CC(C1CC1)C(NN)c1ccc(Cl)s1. The first-order chi connectivity index (χ1) is 6.72. The number of rotatable bonds is 4. The first kappa shape index (κ1) is 10.4. The predicted molar refractivity (Wildman–Crippen MR) is 61.3 cm³/mol. The molecule has 1 aromatic rings. The largest absolute Gasteiger partial charge is 0.271 e. The highest BCUT2D eigenvalue weighted by Crippen LogP contribution is 2.43. The number of nitrogens with two attached hydrogens (primary N) is 1. The van der Waals surface area contributed by atoms with Gasteiger partial charge in [-0.05, 0) is 36.8 Å². The zero-order chi connectivity index (χ0) is 10.1. The molecule has 0 radical (unpaired) electrons. The highest BCUT2D eigenvalue weighted by Gasteiger charge is 2.34. The summed E-state index contributed by atoms with van der Waals surface area (Å²) in [7, 11) is 0. The quantitative estimate of drug-likeness (QED) is 0.617. The molecule has 1 aromatic heterocycles. The molecule has 0 bridgehead atoms. The average molecular weight is 231 g/mol. The van der Waals surface area contributed by atoms with Gasteiger partial charge < -0.3 is 0 Å². The summed E-state index contributed by atoms with van der Waals surface area (Å²) < 4.78 is 0.836. The van der Waals surface area contributed by atoms with Crippen LogP contribution in [0.15, 0.2) is 12.1 Å². The summed E-state index contributed by atoms with van der Waals surface area (Å²) in [5.41, 5.74) is 2.90. The van der Waals surface area contributed by atoms with E-state index in [-0.39, 0.29) is 6.04 Å². The van der Waals surface area contributed by atoms with Gasteiger partial charge >= 0.3 is 0 Å². The van der Waals surface area contributed by atoms with Crippen LogP contribution in [0.2, 0.25) is 4.34 Å². The number of hydrazine groups is 1.